The van der Waals surface area contributed by atoms with E-state index >= 15 is 0 Å². The van der Waals surface area contributed by atoms with Crippen molar-refractivity contribution in [2.24, 2.45) is 0 Å². The summed E-state index contributed by atoms with van der Waals surface area (Å²) in [6, 6.07) is 14.8. The van der Waals surface area contributed by atoms with Crippen molar-refractivity contribution >= 4 is 23.8 Å². The summed E-state index contributed by atoms with van der Waals surface area (Å²) in [4.78, 5) is 4.50. The average Bonchev–Trinajstić information content (AvgIpc) is 3.22. The lowest BCUT2D eigenvalue weighted by Crippen LogP contribution is -2.60. The molecule has 37 heavy (non-hydrogen) atoms. The summed E-state index contributed by atoms with van der Waals surface area (Å²) in [7, 11) is 0. The van der Waals surface area contributed by atoms with E-state index in [0.717, 1.165) is 48.7 Å². The third-order valence-electron chi connectivity index (χ3n) is 7.30. The second-order valence-electron chi connectivity index (χ2n) is 9.31. The zero-order chi connectivity index (χ0) is 25.0. The van der Waals surface area contributed by atoms with Gasteiger partial charge in [0.15, 0.2) is 36.1 Å². The van der Waals surface area contributed by atoms with E-state index in [1.165, 1.54) is 0 Å². The smallest absolute Gasteiger partial charge is 0.378 e. The van der Waals surface area contributed by atoms with Crippen LogP contribution >= 0.6 is 0 Å². The topological polar surface area (TPSA) is 97.0 Å². The van der Waals surface area contributed by atoms with Gasteiger partial charge in [0.1, 0.15) is 0 Å². The lowest BCUT2D eigenvalue weighted by molar-refractivity contribution is -0.848. The van der Waals surface area contributed by atoms with Gasteiger partial charge in [-0.3, -0.25) is 0 Å². The summed E-state index contributed by atoms with van der Waals surface area (Å²) in [5.41, 5.74) is 3.98. The van der Waals surface area contributed by atoms with E-state index in [1.807, 2.05) is 48.8 Å². The Morgan fingerprint density at radius 3 is 1.51 bits per heavy atom. The number of nitrogens with zero attached hydrogens (tertiary/aromatic N) is 6. The Balaban J connectivity index is 1.34. The fraction of sp³-hybridized carbons (Fsp3) is 0.333. The Hall–Kier alpha value is -4.38. The molecule has 10 nitrogen and oxygen atoms in total. The number of hydrogen-bond acceptors (Lipinski definition) is 8. The van der Waals surface area contributed by atoms with E-state index in [-0.39, 0.29) is 11.4 Å². The molecule has 0 radical (unpaired) electrons. The minimum absolute atomic E-state index is 0.169. The molecule has 5 aliphatic rings. The predicted octanol–water partition coefficient (Wildman–Crippen LogP) is 1.59. The summed E-state index contributed by atoms with van der Waals surface area (Å²) >= 11 is 0. The second kappa shape index (κ2) is 8.34. The summed E-state index contributed by atoms with van der Waals surface area (Å²) in [5, 5.41) is 20.1. The molecule has 7 rings (SSSR count). The first-order chi connectivity index (χ1) is 18.2. The maximum Gasteiger partial charge on any atom is 0.716 e. The maximum absolute atomic E-state index is 10.0. The Morgan fingerprint density at radius 2 is 1.11 bits per heavy atom. The zero-order valence-electron chi connectivity index (χ0n) is 20.1. The van der Waals surface area contributed by atoms with Crippen LogP contribution in [0.3, 0.4) is 0 Å². The van der Waals surface area contributed by atoms with Crippen molar-refractivity contribution in [1.82, 2.24) is 0 Å². The maximum atomic E-state index is 10.0. The van der Waals surface area contributed by atoms with Gasteiger partial charge in [-0.2, -0.15) is 10.5 Å². The van der Waals surface area contributed by atoms with E-state index in [4.69, 9.17) is 18.9 Å². The molecule has 0 aromatic heterocycles. The number of fused-ring (bicyclic) bond motifs is 2. The number of anilines is 2. The Kier molecular flexibility index (Phi) is 4.93. The first kappa shape index (κ1) is 21.9. The summed E-state index contributed by atoms with van der Waals surface area (Å²) < 4.78 is 27.5. The third kappa shape index (κ3) is 3.30. The van der Waals surface area contributed by atoms with Gasteiger partial charge in [0, 0.05) is 49.7 Å². The molecule has 5 heterocycles. The van der Waals surface area contributed by atoms with E-state index < -0.39 is 6.03 Å². The van der Waals surface area contributed by atoms with Crippen LogP contribution < -0.4 is 19.3 Å². The number of benzene rings is 2. The van der Waals surface area contributed by atoms with Crippen LogP contribution in [0.5, 0.6) is 11.5 Å². The third-order valence-corrected chi connectivity index (χ3v) is 7.30. The molecule has 0 N–H and O–H groups in total. The van der Waals surface area contributed by atoms with Crippen molar-refractivity contribution in [2.45, 2.75) is 6.03 Å². The van der Waals surface area contributed by atoms with Crippen molar-refractivity contribution in [3.63, 3.8) is 0 Å². The first-order valence-corrected chi connectivity index (χ1v) is 12.3. The molecule has 2 saturated heterocycles. The highest BCUT2D eigenvalue weighted by Crippen LogP contribution is 2.43. The van der Waals surface area contributed by atoms with Crippen LogP contribution in [-0.2, 0) is 9.47 Å². The number of ether oxygens (including phenoxy) is 4. The monoisotopic (exact) mass is 496 g/mol. The van der Waals surface area contributed by atoms with Crippen molar-refractivity contribution in [2.75, 3.05) is 62.4 Å². The molecule has 0 saturated carbocycles. The van der Waals surface area contributed by atoms with Crippen LogP contribution in [0, 0.1) is 22.7 Å². The Bertz CT molecular complexity index is 1370. The van der Waals surface area contributed by atoms with Crippen molar-refractivity contribution < 1.29 is 28.1 Å². The van der Waals surface area contributed by atoms with Crippen molar-refractivity contribution in [3.8, 4) is 23.6 Å². The van der Waals surface area contributed by atoms with Crippen LogP contribution in [-0.4, -0.2) is 80.2 Å². The minimum Gasteiger partial charge on any atom is -0.378 e. The molecule has 0 bridgehead atoms. The standard InChI is InChI=1S/C27H24N6O4/c28-15-23-24(16-29)33-18-20-2-4-22(31-7-11-35-12-8-31)14-26(20)37-27(33)32(23)17-19-1-3-21(13-25(19)36-27)30-5-9-34-10-6-30/h1-4,13-14,17-18H,5-12H2/q+2. The molecule has 0 unspecified atom stereocenters. The number of allylic oxidation sites excluding steroid dienone is 2. The predicted molar refractivity (Wildman–Crippen MR) is 132 cm³/mol. The summed E-state index contributed by atoms with van der Waals surface area (Å²) in [6.07, 6.45) is 3.64. The Labute approximate surface area is 213 Å². The number of morpholine rings is 2. The van der Waals surface area contributed by atoms with Crippen molar-refractivity contribution in [1.29, 1.82) is 10.5 Å². The number of nitriles is 2. The van der Waals surface area contributed by atoms with Gasteiger partial charge < -0.3 is 28.7 Å². The van der Waals surface area contributed by atoms with E-state index in [1.54, 1.807) is 9.15 Å². The van der Waals surface area contributed by atoms with Gasteiger partial charge in [-0.05, 0) is 33.4 Å². The van der Waals surface area contributed by atoms with Gasteiger partial charge in [-0.25, -0.2) is 0 Å². The van der Waals surface area contributed by atoms with Crippen LogP contribution in [0.15, 0.2) is 47.8 Å². The van der Waals surface area contributed by atoms with Crippen molar-refractivity contribution in [3.05, 3.63) is 58.9 Å². The van der Waals surface area contributed by atoms with E-state index in [2.05, 4.69) is 21.9 Å². The van der Waals surface area contributed by atoms with Crippen LogP contribution in [0.25, 0.3) is 0 Å². The van der Waals surface area contributed by atoms with Gasteiger partial charge in [0.2, 0.25) is 0 Å². The van der Waals surface area contributed by atoms with Gasteiger partial charge in [-0.1, -0.05) is 0 Å². The SMILES string of the molecule is N#CC1=C(C#N)[N+]2=Cc3ccc(N4CCOCC4)cc3OC23Oc2cc(N4CCOCC4)ccc2C=[N+]13. The van der Waals surface area contributed by atoms with Crippen LogP contribution in [0.1, 0.15) is 11.1 Å². The number of rotatable bonds is 2. The molecule has 1 spiro atoms. The second-order valence-corrected chi connectivity index (χ2v) is 9.31. The molecule has 2 fully saturated rings. The molecule has 2 aromatic rings. The first-order valence-electron chi connectivity index (χ1n) is 12.3. The lowest BCUT2D eigenvalue weighted by atomic mass is 10.1. The molecule has 0 atom stereocenters. The van der Waals surface area contributed by atoms with Gasteiger partial charge in [0.05, 0.1) is 37.6 Å². The molecular weight excluding hydrogens is 472 g/mol. The summed E-state index contributed by atoms with van der Waals surface area (Å²) in [5.74, 6) is 1.23. The highest BCUT2D eigenvalue weighted by atomic mass is 16.7. The molecule has 0 aliphatic carbocycles. The van der Waals surface area contributed by atoms with Gasteiger partial charge in [-0.15, -0.1) is 0 Å². The minimum atomic E-state index is -1.55. The normalized spacial score (nSPS) is 21.1. The fourth-order valence-corrected chi connectivity index (χ4v) is 5.39. The van der Waals surface area contributed by atoms with Crippen LogP contribution in [0.2, 0.25) is 0 Å². The molecular formula is C27H24N6O4+2. The quantitative estimate of drug-likeness (QED) is 0.579. The lowest BCUT2D eigenvalue weighted by Gasteiger charge is -2.31. The Morgan fingerprint density at radius 1 is 0.676 bits per heavy atom. The largest absolute Gasteiger partial charge is 0.716 e. The highest BCUT2D eigenvalue weighted by molar-refractivity contribution is 5.85. The zero-order valence-corrected chi connectivity index (χ0v) is 20.1. The summed E-state index contributed by atoms with van der Waals surface area (Å²) in [6.45, 7) is 5.90. The molecule has 2 aromatic carbocycles. The highest BCUT2D eigenvalue weighted by Gasteiger charge is 2.74. The molecule has 5 aliphatic heterocycles. The van der Waals surface area contributed by atoms with Gasteiger partial charge in [0.25, 0.3) is 0 Å². The average molecular weight is 497 g/mol. The van der Waals surface area contributed by atoms with Crippen LogP contribution in [0.4, 0.5) is 11.4 Å². The fourth-order valence-electron chi connectivity index (χ4n) is 5.39. The molecule has 10 heteroatoms. The van der Waals surface area contributed by atoms with Gasteiger partial charge >= 0.3 is 17.4 Å². The molecule has 0 amide bonds. The molecule has 184 valence electrons. The van der Waals surface area contributed by atoms with E-state index in [9.17, 15) is 10.5 Å². The number of hydrogen-bond donors (Lipinski definition) is 0. The van der Waals surface area contributed by atoms with E-state index in [0.29, 0.717) is 37.9 Å².